The number of nitrogens with one attached hydrogen (secondary N) is 1. The number of nitrogens with zero attached hydrogens (tertiary/aromatic N) is 3. The van der Waals surface area contributed by atoms with Crippen LogP contribution < -0.4 is 10.5 Å². The Morgan fingerprint density at radius 1 is 1.42 bits per heavy atom. The molecule has 1 saturated heterocycles. The highest BCUT2D eigenvalue weighted by Crippen LogP contribution is 2.25. The van der Waals surface area contributed by atoms with E-state index in [1.165, 1.54) is 6.08 Å². The molecule has 2 aromatic heterocycles. The lowest BCUT2D eigenvalue weighted by Gasteiger charge is -2.45. The average Bonchev–Trinajstić information content (AvgIpc) is 2.60. The van der Waals surface area contributed by atoms with Gasteiger partial charge in [0.2, 0.25) is 5.91 Å². The van der Waals surface area contributed by atoms with Crippen LogP contribution in [0.1, 0.15) is 19.0 Å². The minimum Gasteiger partial charge on any atom is -0.361 e. The quantitative estimate of drug-likeness (QED) is 0.811. The van der Waals surface area contributed by atoms with Crippen LogP contribution in [0.4, 0.5) is 5.69 Å². The third-order valence-corrected chi connectivity index (χ3v) is 4.68. The molecule has 6 nitrogen and oxygen atoms in total. The van der Waals surface area contributed by atoms with E-state index in [1.54, 1.807) is 17.3 Å². The van der Waals surface area contributed by atoms with Crippen LogP contribution in [-0.2, 0) is 4.79 Å². The van der Waals surface area contributed by atoms with Crippen molar-refractivity contribution in [2.24, 2.45) is 0 Å². The molecule has 0 aliphatic carbocycles. The average molecular weight is 352 g/mol. The van der Waals surface area contributed by atoms with Gasteiger partial charge in [-0.15, -0.1) is 0 Å². The number of aromatic nitrogens is 2. The lowest BCUT2D eigenvalue weighted by Crippen LogP contribution is -2.61. The number of carbonyl (C=O) groups excluding carboxylic acids is 1. The summed E-state index contributed by atoms with van der Waals surface area (Å²) in [6.07, 6.45) is 5.76. The Balaban J connectivity index is 1.90. The number of aromatic amines is 1. The molecule has 1 aliphatic heterocycles. The van der Waals surface area contributed by atoms with Gasteiger partial charge in [-0.3, -0.25) is 14.6 Å². The van der Waals surface area contributed by atoms with E-state index in [1.807, 2.05) is 25.1 Å². The summed E-state index contributed by atoms with van der Waals surface area (Å²) in [5.41, 5.74) is 3.43. The normalized spacial score (nSPS) is 14.0. The third kappa shape index (κ3) is 3.54. The predicted octanol–water partition coefficient (Wildman–Crippen LogP) is 2.36. The van der Waals surface area contributed by atoms with Crippen molar-refractivity contribution in [1.29, 1.82) is 0 Å². The van der Waals surface area contributed by atoms with Gasteiger partial charge in [0.25, 0.3) is 5.56 Å². The number of anilines is 1. The highest BCUT2D eigenvalue weighted by atomic mass is 16.2. The summed E-state index contributed by atoms with van der Waals surface area (Å²) in [6, 6.07) is 6.01. The highest BCUT2D eigenvalue weighted by Gasteiger charge is 2.34. The predicted molar refractivity (Wildman–Crippen MR) is 103 cm³/mol. The summed E-state index contributed by atoms with van der Waals surface area (Å²) >= 11 is 0. The second-order valence-corrected chi connectivity index (χ2v) is 6.58. The fourth-order valence-corrected chi connectivity index (χ4v) is 3.28. The zero-order chi connectivity index (χ0) is 18.7. The van der Waals surface area contributed by atoms with Gasteiger partial charge in [0.15, 0.2) is 0 Å². The van der Waals surface area contributed by atoms with Gasteiger partial charge in [-0.1, -0.05) is 13.5 Å². The number of aryl methyl sites for hydroxylation is 1. The van der Waals surface area contributed by atoms with Crippen molar-refractivity contribution in [2.75, 3.05) is 24.5 Å². The molecule has 1 N–H and O–H groups in total. The van der Waals surface area contributed by atoms with Gasteiger partial charge < -0.3 is 14.8 Å². The van der Waals surface area contributed by atoms with Gasteiger partial charge in [-0.2, -0.15) is 0 Å². The summed E-state index contributed by atoms with van der Waals surface area (Å²) in [4.78, 5) is 35.1. The lowest BCUT2D eigenvalue weighted by molar-refractivity contribution is -0.130. The largest absolute Gasteiger partial charge is 0.361 e. The fraction of sp³-hybridized carbons (Fsp3) is 0.350. The van der Waals surface area contributed by atoms with Crippen molar-refractivity contribution in [3.63, 3.8) is 0 Å². The van der Waals surface area contributed by atoms with E-state index in [0.29, 0.717) is 18.8 Å². The minimum absolute atomic E-state index is 0.0624. The van der Waals surface area contributed by atoms with E-state index in [4.69, 9.17) is 0 Å². The number of rotatable bonds is 6. The maximum Gasteiger partial charge on any atom is 0.271 e. The number of likely N-dealkylation sites (tertiary alicyclic amines) is 1. The van der Waals surface area contributed by atoms with Gasteiger partial charge in [0, 0.05) is 43.3 Å². The third-order valence-electron chi connectivity index (χ3n) is 4.68. The Morgan fingerprint density at radius 3 is 2.85 bits per heavy atom. The number of carbonyl (C=O) groups is 1. The molecule has 0 bridgehead atoms. The van der Waals surface area contributed by atoms with Crippen LogP contribution >= 0.6 is 0 Å². The molecule has 0 radical (unpaired) electrons. The van der Waals surface area contributed by atoms with Crippen LogP contribution in [0.2, 0.25) is 0 Å². The molecule has 3 heterocycles. The number of hydrogen-bond donors (Lipinski definition) is 1. The number of pyridine rings is 2. The topological polar surface area (TPSA) is 69.3 Å². The van der Waals surface area contributed by atoms with Gasteiger partial charge >= 0.3 is 0 Å². The van der Waals surface area contributed by atoms with Gasteiger partial charge in [-0.25, -0.2) is 0 Å². The van der Waals surface area contributed by atoms with Crippen LogP contribution in [0.25, 0.3) is 11.1 Å². The number of H-pyrrole nitrogens is 1. The molecule has 1 aliphatic rings. The summed E-state index contributed by atoms with van der Waals surface area (Å²) in [6.45, 7) is 9.55. The van der Waals surface area contributed by atoms with Gasteiger partial charge in [0.1, 0.15) is 5.69 Å². The molecule has 1 amide bonds. The molecule has 0 spiro atoms. The van der Waals surface area contributed by atoms with Crippen molar-refractivity contribution in [1.82, 2.24) is 14.9 Å². The highest BCUT2D eigenvalue weighted by molar-refractivity contribution is 5.87. The van der Waals surface area contributed by atoms with Crippen LogP contribution in [0.3, 0.4) is 0 Å². The Hall–Kier alpha value is -2.89. The second kappa shape index (κ2) is 7.56. The lowest BCUT2D eigenvalue weighted by atomic mass is 10.0. The first-order valence-electron chi connectivity index (χ1n) is 8.87. The van der Waals surface area contributed by atoms with Crippen molar-refractivity contribution in [3.05, 3.63) is 59.3 Å². The fourth-order valence-electron chi connectivity index (χ4n) is 3.28. The molecule has 2 aromatic rings. The summed E-state index contributed by atoms with van der Waals surface area (Å²) in [5.74, 6) is -0.0624. The van der Waals surface area contributed by atoms with E-state index in [2.05, 4.69) is 28.4 Å². The standard InChI is InChI=1S/C20H24N4O2/c1-4-8-24(17-12-23(13-17)19(25)5-2)18-10-16(11-22-20(18)26)15-6-7-21-14(3)9-15/h5-7,9-11,17H,2,4,8,12-13H2,1,3H3,(H,22,26). The summed E-state index contributed by atoms with van der Waals surface area (Å²) in [5, 5.41) is 0. The van der Waals surface area contributed by atoms with E-state index in [0.717, 1.165) is 29.8 Å². The van der Waals surface area contributed by atoms with Crippen LogP contribution in [0.5, 0.6) is 0 Å². The Labute approximate surface area is 153 Å². The maximum atomic E-state index is 12.5. The molecule has 0 saturated carbocycles. The van der Waals surface area contributed by atoms with Crippen molar-refractivity contribution < 1.29 is 4.79 Å². The van der Waals surface area contributed by atoms with E-state index >= 15 is 0 Å². The molecule has 6 heteroatoms. The monoisotopic (exact) mass is 352 g/mol. The molecular weight excluding hydrogens is 328 g/mol. The van der Waals surface area contributed by atoms with E-state index in [-0.39, 0.29) is 17.5 Å². The molecule has 136 valence electrons. The van der Waals surface area contributed by atoms with Crippen molar-refractivity contribution in [3.8, 4) is 11.1 Å². The number of hydrogen-bond acceptors (Lipinski definition) is 4. The van der Waals surface area contributed by atoms with Crippen molar-refractivity contribution >= 4 is 11.6 Å². The Kier molecular flexibility index (Phi) is 5.21. The Bertz CT molecular complexity index is 868. The molecule has 0 unspecified atom stereocenters. The van der Waals surface area contributed by atoms with Crippen LogP contribution in [0.15, 0.2) is 48.0 Å². The van der Waals surface area contributed by atoms with Gasteiger partial charge in [-0.05, 0) is 43.2 Å². The molecule has 0 atom stereocenters. The molecule has 3 rings (SSSR count). The first kappa shape index (κ1) is 17.9. The SMILES string of the molecule is C=CC(=O)N1CC(N(CCC)c2cc(-c3ccnc(C)c3)c[nH]c2=O)C1. The van der Waals surface area contributed by atoms with Gasteiger partial charge in [0.05, 0.1) is 6.04 Å². The van der Waals surface area contributed by atoms with Crippen LogP contribution in [-0.4, -0.2) is 46.5 Å². The molecule has 1 fully saturated rings. The first-order chi connectivity index (χ1) is 12.5. The minimum atomic E-state index is -0.110. The molecule has 26 heavy (non-hydrogen) atoms. The molecular formula is C20H24N4O2. The molecule has 0 aromatic carbocycles. The zero-order valence-electron chi connectivity index (χ0n) is 15.2. The number of amides is 1. The smallest absolute Gasteiger partial charge is 0.271 e. The van der Waals surface area contributed by atoms with Crippen LogP contribution in [0, 0.1) is 6.92 Å². The Morgan fingerprint density at radius 2 is 2.19 bits per heavy atom. The first-order valence-corrected chi connectivity index (χ1v) is 8.87. The summed E-state index contributed by atoms with van der Waals surface area (Å²) in [7, 11) is 0. The maximum absolute atomic E-state index is 12.5. The zero-order valence-corrected chi connectivity index (χ0v) is 15.2. The summed E-state index contributed by atoms with van der Waals surface area (Å²) < 4.78 is 0. The van der Waals surface area contributed by atoms with E-state index < -0.39 is 0 Å². The second-order valence-electron chi connectivity index (χ2n) is 6.58. The van der Waals surface area contributed by atoms with Crippen molar-refractivity contribution in [2.45, 2.75) is 26.3 Å². The van der Waals surface area contributed by atoms with E-state index in [9.17, 15) is 9.59 Å².